The van der Waals surface area contributed by atoms with Crippen molar-refractivity contribution in [1.29, 1.82) is 0 Å². The molecule has 0 saturated heterocycles. The van der Waals surface area contributed by atoms with Gasteiger partial charge in [-0.25, -0.2) is 15.0 Å². The molecular weight excluding hydrogens is 282 g/mol. The maximum Gasteiger partial charge on any atom is 0.134 e. The van der Waals surface area contributed by atoms with Crippen LogP contribution in [0.1, 0.15) is 35.4 Å². The molecule has 2 aromatic rings. The summed E-state index contributed by atoms with van der Waals surface area (Å²) in [5.74, 6) is 2.62. The fourth-order valence-corrected chi connectivity index (χ4v) is 2.80. The lowest BCUT2D eigenvalue weighted by atomic mass is 10.3. The van der Waals surface area contributed by atoms with Crippen molar-refractivity contribution >= 4 is 23.0 Å². The van der Waals surface area contributed by atoms with Crippen LogP contribution in [0.5, 0.6) is 0 Å². The fraction of sp³-hybridized carbons (Fsp3) is 0.533. The average molecular weight is 305 g/mol. The fourth-order valence-electron chi connectivity index (χ4n) is 2.02. The molecule has 0 aliphatic carbocycles. The Bertz CT molecular complexity index is 594. The molecule has 2 rings (SSSR count). The molecule has 0 amide bonds. The zero-order valence-corrected chi connectivity index (χ0v) is 14.0. The standard InChI is InChI=1S/C15H23N5S/c1-5-7-16-14-11(3)15(20-12(4)19-14)17-8-6-13-18-10(2)9-21-13/h9H,5-8H2,1-4H3,(H2,16,17,19,20). The van der Waals surface area contributed by atoms with Crippen LogP contribution in [-0.4, -0.2) is 28.0 Å². The molecular formula is C15H23N5S. The zero-order chi connectivity index (χ0) is 15.2. The van der Waals surface area contributed by atoms with Crippen molar-refractivity contribution in [2.75, 3.05) is 23.7 Å². The van der Waals surface area contributed by atoms with Gasteiger partial charge in [0.2, 0.25) is 0 Å². The number of rotatable bonds is 7. The van der Waals surface area contributed by atoms with Crippen LogP contribution < -0.4 is 10.6 Å². The Labute approximate surface area is 130 Å². The van der Waals surface area contributed by atoms with Crippen molar-refractivity contribution in [1.82, 2.24) is 15.0 Å². The molecule has 2 heterocycles. The number of hydrogen-bond donors (Lipinski definition) is 2. The van der Waals surface area contributed by atoms with E-state index in [1.54, 1.807) is 11.3 Å². The molecule has 5 nitrogen and oxygen atoms in total. The monoisotopic (exact) mass is 305 g/mol. The first-order chi connectivity index (χ1) is 10.1. The van der Waals surface area contributed by atoms with E-state index in [0.717, 1.165) is 59.7 Å². The van der Waals surface area contributed by atoms with Gasteiger partial charge in [0, 0.05) is 36.1 Å². The highest BCUT2D eigenvalue weighted by Crippen LogP contribution is 2.20. The summed E-state index contributed by atoms with van der Waals surface area (Å²) in [5, 5.41) is 10.0. The Morgan fingerprint density at radius 2 is 1.67 bits per heavy atom. The summed E-state index contributed by atoms with van der Waals surface area (Å²) >= 11 is 1.71. The van der Waals surface area contributed by atoms with Gasteiger partial charge in [-0.1, -0.05) is 6.92 Å². The number of nitrogens with one attached hydrogen (secondary N) is 2. The predicted octanol–water partition coefficient (Wildman–Crippen LogP) is 3.33. The van der Waals surface area contributed by atoms with E-state index in [0.29, 0.717) is 0 Å². The minimum atomic E-state index is 0.784. The van der Waals surface area contributed by atoms with Gasteiger partial charge in [0.15, 0.2) is 0 Å². The number of nitrogens with zero attached hydrogens (tertiary/aromatic N) is 3. The number of anilines is 2. The first kappa shape index (κ1) is 15.7. The van der Waals surface area contributed by atoms with Gasteiger partial charge in [-0.15, -0.1) is 11.3 Å². The van der Waals surface area contributed by atoms with Gasteiger partial charge in [-0.05, 0) is 27.2 Å². The molecule has 0 aliphatic heterocycles. The summed E-state index contributed by atoms with van der Waals surface area (Å²) in [4.78, 5) is 13.4. The molecule has 0 unspecified atom stereocenters. The summed E-state index contributed by atoms with van der Waals surface area (Å²) in [7, 11) is 0. The predicted molar refractivity (Wildman–Crippen MR) is 89.3 cm³/mol. The minimum Gasteiger partial charge on any atom is -0.370 e. The molecule has 21 heavy (non-hydrogen) atoms. The molecule has 2 aromatic heterocycles. The quantitative estimate of drug-likeness (QED) is 0.821. The molecule has 0 saturated carbocycles. The van der Waals surface area contributed by atoms with Gasteiger partial charge in [0.05, 0.1) is 5.01 Å². The summed E-state index contributed by atoms with van der Waals surface area (Å²) < 4.78 is 0. The molecule has 2 N–H and O–H groups in total. The molecule has 0 fully saturated rings. The van der Waals surface area contributed by atoms with Crippen molar-refractivity contribution in [3.63, 3.8) is 0 Å². The third kappa shape index (κ3) is 4.39. The van der Waals surface area contributed by atoms with E-state index in [4.69, 9.17) is 0 Å². The second-order valence-corrected chi connectivity index (χ2v) is 6.02. The lowest BCUT2D eigenvalue weighted by Gasteiger charge is -2.13. The van der Waals surface area contributed by atoms with Crippen molar-refractivity contribution in [3.8, 4) is 0 Å². The number of aryl methyl sites for hydroxylation is 2. The SMILES string of the molecule is CCCNc1nc(C)nc(NCCc2nc(C)cs2)c1C. The largest absolute Gasteiger partial charge is 0.370 e. The topological polar surface area (TPSA) is 62.7 Å². The molecule has 114 valence electrons. The van der Waals surface area contributed by atoms with Gasteiger partial charge in [-0.3, -0.25) is 0 Å². The highest BCUT2D eigenvalue weighted by atomic mass is 32.1. The average Bonchev–Trinajstić information content (AvgIpc) is 2.86. The van der Waals surface area contributed by atoms with E-state index in [9.17, 15) is 0 Å². The maximum absolute atomic E-state index is 4.50. The summed E-state index contributed by atoms with van der Waals surface area (Å²) in [6.07, 6.45) is 1.99. The first-order valence-corrected chi connectivity index (χ1v) is 8.22. The smallest absolute Gasteiger partial charge is 0.134 e. The maximum atomic E-state index is 4.50. The van der Waals surface area contributed by atoms with E-state index in [2.05, 4.69) is 37.9 Å². The zero-order valence-electron chi connectivity index (χ0n) is 13.2. The Balaban J connectivity index is 2.00. The summed E-state index contributed by atoms with van der Waals surface area (Å²) in [6, 6.07) is 0. The van der Waals surface area contributed by atoms with Crippen LogP contribution in [0.15, 0.2) is 5.38 Å². The highest BCUT2D eigenvalue weighted by Gasteiger charge is 2.08. The molecule has 0 bridgehead atoms. The Kier molecular flexibility index (Phi) is 5.50. The Morgan fingerprint density at radius 3 is 2.24 bits per heavy atom. The van der Waals surface area contributed by atoms with Gasteiger partial charge < -0.3 is 10.6 Å². The summed E-state index contributed by atoms with van der Waals surface area (Å²) in [6.45, 7) is 9.90. The highest BCUT2D eigenvalue weighted by molar-refractivity contribution is 7.09. The second kappa shape index (κ2) is 7.36. The van der Waals surface area contributed by atoms with Crippen LogP contribution >= 0.6 is 11.3 Å². The van der Waals surface area contributed by atoms with Gasteiger partial charge in [-0.2, -0.15) is 0 Å². The summed E-state index contributed by atoms with van der Waals surface area (Å²) in [5.41, 5.74) is 2.17. The van der Waals surface area contributed by atoms with Gasteiger partial charge in [0.1, 0.15) is 17.5 Å². The molecule has 0 atom stereocenters. The molecule has 6 heteroatoms. The van der Waals surface area contributed by atoms with E-state index < -0.39 is 0 Å². The van der Waals surface area contributed by atoms with Crippen molar-refractivity contribution in [2.24, 2.45) is 0 Å². The first-order valence-electron chi connectivity index (χ1n) is 7.34. The van der Waals surface area contributed by atoms with Crippen molar-refractivity contribution < 1.29 is 0 Å². The lowest BCUT2D eigenvalue weighted by Crippen LogP contribution is -2.12. The van der Waals surface area contributed by atoms with E-state index in [-0.39, 0.29) is 0 Å². The van der Waals surface area contributed by atoms with E-state index in [1.165, 1.54) is 0 Å². The van der Waals surface area contributed by atoms with Crippen LogP contribution in [-0.2, 0) is 6.42 Å². The Hall–Kier alpha value is -1.69. The van der Waals surface area contributed by atoms with E-state index in [1.807, 2.05) is 20.8 Å². The van der Waals surface area contributed by atoms with Crippen molar-refractivity contribution in [2.45, 2.75) is 40.5 Å². The van der Waals surface area contributed by atoms with Crippen LogP contribution in [0.4, 0.5) is 11.6 Å². The van der Waals surface area contributed by atoms with Crippen LogP contribution in [0.25, 0.3) is 0 Å². The molecule has 0 aliphatic rings. The minimum absolute atomic E-state index is 0.784. The third-order valence-corrected chi connectivity index (χ3v) is 4.12. The third-order valence-electron chi connectivity index (χ3n) is 3.10. The second-order valence-electron chi connectivity index (χ2n) is 5.08. The normalized spacial score (nSPS) is 10.7. The lowest BCUT2D eigenvalue weighted by molar-refractivity contribution is 0.932. The molecule has 0 aromatic carbocycles. The van der Waals surface area contributed by atoms with Crippen LogP contribution in [0, 0.1) is 20.8 Å². The molecule has 0 spiro atoms. The van der Waals surface area contributed by atoms with Gasteiger partial charge >= 0.3 is 0 Å². The van der Waals surface area contributed by atoms with Crippen LogP contribution in [0.3, 0.4) is 0 Å². The van der Waals surface area contributed by atoms with E-state index >= 15 is 0 Å². The number of aromatic nitrogens is 3. The van der Waals surface area contributed by atoms with Crippen LogP contribution in [0.2, 0.25) is 0 Å². The number of thiazole rings is 1. The van der Waals surface area contributed by atoms with Gasteiger partial charge in [0.25, 0.3) is 0 Å². The number of hydrogen-bond acceptors (Lipinski definition) is 6. The van der Waals surface area contributed by atoms with Crippen molar-refractivity contribution in [3.05, 3.63) is 27.5 Å². The Morgan fingerprint density at radius 1 is 1.00 bits per heavy atom. The molecule has 0 radical (unpaired) electrons.